The van der Waals surface area contributed by atoms with E-state index in [1.807, 2.05) is 0 Å². The quantitative estimate of drug-likeness (QED) is 0.860. The number of carbonyl (C=O) groups excluding carboxylic acids is 1. The van der Waals surface area contributed by atoms with E-state index in [1.165, 1.54) is 18.3 Å². The number of halogens is 4. The van der Waals surface area contributed by atoms with Gasteiger partial charge < -0.3 is 10.0 Å². The van der Waals surface area contributed by atoms with E-state index >= 15 is 0 Å². The standard InChI is InChI=1S/C11H10ClF3N2O2/c12-7-1-3-16-8(5-7)9(18)17-4-2-10(19,6-17)11(13,14)15/h1,3,5,19H,2,4,6H2/t10-/m1/s1. The Kier molecular flexibility index (Phi) is 3.44. The number of amides is 1. The van der Waals surface area contributed by atoms with Crippen molar-refractivity contribution >= 4 is 17.5 Å². The number of hydrogen-bond acceptors (Lipinski definition) is 3. The van der Waals surface area contributed by atoms with Gasteiger partial charge in [-0.2, -0.15) is 13.2 Å². The lowest BCUT2D eigenvalue weighted by Crippen LogP contribution is -2.48. The zero-order valence-electron chi connectivity index (χ0n) is 9.62. The molecular weight excluding hydrogens is 285 g/mol. The highest BCUT2D eigenvalue weighted by atomic mass is 35.5. The fourth-order valence-corrected chi connectivity index (χ4v) is 2.04. The molecule has 0 saturated carbocycles. The molecular formula is C11H10ClF3N2O2. The molecule has 1 aromatic heterocycles. The summed E-state index contributed by atoms with van der Waals surface area (Å²) in [6, 6.07) is 2.73. The highest BCUT2D eigenvalue weighted by Gasteiger charge is 2.57. The summed E-state index contributed by atoms with van der Waals surface area (Å²) < 4.78 is 37.9. The van der Waals surface area contributed by atoms with Crippen molar-refractivity contribution in [3.05, 3.63) is 29.0 Å². The second-order valence-electron chi connectivity index (χ2n) is 4.37. The lowest BCUT2D eigenvalue weighted by Gasteiger charge is -2.25. The molecule has 0 unspecified atom stereocenters. The molecule has 1 fully saturated rings. The van der Waals surface area contributed by atoms with E-state index in [9.17, 15) is 23.1 Å². The Bertz CT molecular complexity index is 509. The number of nitrogens with zero attached hydrogens (tertiary/aromatic N) is 2. The van der Waals surface area contributed by atoms with Gasteiger partial charge in [0, 0.05) is 24.2 Å². The van der Waals surface area contributed by atoms with Crippen molar-refractivity contribution in [3.63, 3.8) is 0 Å². The lowest BCUT2D eigenvalue weighted by atomic mass is 10.0. The smallest absolute Gasteiger partial charge is 0.379 e. The number of aliphatic hydroxyl groups is 1. The summed E-state index contributed by atoms with van der Waals surface area (Å²) in [7, 11) is 0. The molecule has 104 valence electrons. The van der Waals surface area contributed by atoms with Crippen molar-refractivity contribution in [1.29, 1.82) is 0 Å². The first-order chi connectivity index (χ1) is 8.73. The van der Waals surface area contributed by atoms with Crippen molar-refractivity contribution in [2.45, 2.75) is 18.2 Å². The molecule has 1 saturated heterocycles. The molecule has 1 aromatic rings. The van der Waals surface area contributed by atoms with Crippen LogP contribution < -0.4 is 0 Å². The Hall–Kier alpha value is -1.34. The first-order valence-electron chi connectivity index (χ1n) is 5.43. The second kappa shape index (κ2) is 4.64. The van der Waals surface area contributed by atoms with E-state index in [-0.39, 0.29) is 17.3 Å². The normalized spacial score (nSPS) is 23.7. The number of pyridine rings is 1. The molecule has 0 spiro atoms. The minimum atomic E-state index is -4.76. The van der Waals surface area contributed by atoms with Gasteiger partial charge >= 0.3 is 6.18 Å². The van der Waals surface area contributed by atoms with Gasteiger partial charge in [0.2, 0.25) is 0 Å². The van der Waals surface area contributed by atoms with Crippen LogP contribution in [0.3, 0.4) is 0 Å². The SMILES string of the molecule is O=C(c1cc(Cl)ccn1)N1CC[C@](O)(C(F)(F)F)C1. The van der Waals surface area contributed by atoms with Crippen LogP contribution in [0.15, 0.2) is 18.3 Å². The minimum absolute atomic E-state index is 0.0427. The van der Waals surface area contributed by atoms with Gasteiger partial charge in [0.05, 0.1) is 6.54 Å². The van der Waals surface area contributed by atoms with Gasteiger partial charge in [-0.15, -0.1) is 0 Å². The molecule has 1 atom stereocenters. The molecule has 1 aliphatic rings. The summed E-state index contributed by atoms with van der Waals surface area (Å²) in [5.41, 5.74) is -2.89. The van der Waals surface area contributed by atoms with Crippen molar-refractivity contribution in [2.75, 3.05) is 13.1 Å². The maximum atomic E-state index is 12.6. The molecule has 4 nitrogen and oxygen atoms in total. The van der Waals surface area contributed by atoms with Gasteiger partial charge in [-0.3, -0.25) is 9.78 Å². The molecule has 19 heavy (non-hydrogen) atoms. The molecule has 0 aliphatic carbocycles. The van der Waals surface area contributed by atoms with Crippen LogP contribution in [0.1, 0.15) is 16.9 Å². The zero-order valence-corrected chi connectivity index (χ0v) is 10.4. The molecule has 1 aliphatic heterocycles. The summed E-state index contributed by atoms with van der Waals surface area (Å²) in [4.78, 5) is 16.6. The Labute approximate surface area is 111 Å². The predicted octanol–water partition coefficient (Wildman–Crippen LogP) is 1.87. The van der Waals surface area contributed by atoms with E-state index in [0.717, 1.165) is 4.90 Å². The van der Waals surface area contributed by atoms with Crippen LogP contribution in [-0.4, -0.2) is 45.8 Å². The van der Waals surface area contributed by atoms with Gasteiger partial charge in [-0.05, 0) is 12.1 Å². The van der Waals surface area contributed by atoms with Crippen LogP contribution in [0.2, 0.25) is 5.02 Å². The molecule has 0 bridgehead atoms. The maximum Gasteiger partial charge on any atom is 0.419 e. The van der Waals surface area contributed by atoms with Gasteiger partial charge in [0.15, 0.2) is 5.60 Å². The number of likely N-dealkylation sites (tertiary alicyclic amines) is 1. The van der Waals surface area contributed by atoms with Crippen molar-refractivity contribution < 1.29 is 23.1 Å². The van der Waals surface area contributed by atoms with E-state index in [2.05, 4.69) is 4.98 Å². The monoisotopic (exact) mass is 294 g/mol. The Balaban J connectivity index is 2.16. The van der Waals surface area contributed by atoms with E-state index in [0.29, 0.717) is 0 Å². The third-order valence-electron chi connectivity index (χ3n) is 3.00. The molecule has 0 radical (unpaired) electrons. The van der Waals surface area contributed by atoms with Crippen LogP contribution in [0.5, 0.6) is 0 Å². The van der Waals surface area contributed by atoms with Gasteiger partial charge in [0.1, 0.15) is 5.69 Å². The number of carbonyl (C=O) groups is 1. The van der Waals surface area contributed by atoms with Crippen molar-refractivity contribution in [3.8, 4) is 0 Å². The Morgan fingerprint density at radius 3 is 2.74 bits per heavy atom. The molecule has 2 heterocycles. The Morgan fingerprint density at radius 2 is 2.21 bits per heavy atom. The summed E-state index contributed by atoms with van der Waals surface area (Å²) in [6.45, 7) is -0.966. The first-order valence-corrected chi connectivity index (χ1v) is 5.81. The average Bonchev–Trinajstić information content (AvgIpc) is 2.72. The number of alkyl halides is 3. The van der Waals surface area contributed by atoms with Crippen LogP contribution >= 0.6 is 11.6 Å². The summed E-state index contributed by atoms with van der Waals surface area (Å²) in [5.74, 6) is -0.678. The average molecular weight is 295 g/mol. The summed E-state index contributed by atoms with van der Waals surface area (Å²) in [5, 5.41) is 9.75. The first kappa shape index (κ1) is 14.1. The molecule has 1 amide bonds. The van der Waals surface area contributed by atoms with Crippen molar-refractivity contribution in [2.24, 2.45) is 0 Å². The van der Waals surface area contributed by atoms with Crippen LogP contribution in [-0.2, 0) is 0 Å². The predicted molar refractivity (Wildman–Crippen MR) is 60.8 cm³/mol. The molecule has 1 N–H and O–H groups in total. The number of rotatable bonds is 1. The molecule has 0 aromatic carbocycles. The van der Waals surface area contributed by atoms with Gasteiger partial charge in [0.25, 0.3) is 5.91 Å². The Morgan fingerprint density at radius 1 is 1.53 bits per heavy atom. The second-order valence-corrected chi connectivity index (χ2v) is 4.80. The van der Waals surface area contributed by atoms with Gasteiger partial charge in [-0.25, -0.2) is 0 Å². The van der Waals surface area contributed by atoms with E-state index in [4.69, 9.17) is 11.6 Å². The molecule has 2 rings (SSSR count). The lowest BCUT2D eigenvalue weighted by molar-refractivity contribution is -0.253. The van der Waals surface area contributed by atoms with E-state index in [1.54, 1.807) is 0 Å². The fourth-order valence-electron chi connectivity index (χ4n) is 1.88. The van der Waals surface area contributed by atoms with Crippen LogP contribution in [0.4, 0.5) is 13.2 Å². The van der Waals surface area contributed by atoms with Crippen LogP contribution in [0.25, 0.3) is 0 Å². The molecule has 8 heteroatoms. The highest BCUT2D eigenvalue weighted by Crippen LogP contribution is 2.37. The largest absolute Gasteiger partial charge is 0.419 e. The topological polar surface area (TPSA) is 53.4 Å². The summed E-state index contributed by atoms with van der Waals surface area (Å²) >= 11 is 5.68. The number of aromatic nitrogens is 1. The van der Waals surface area contributed by atoms with Gasteiger partial charge in [-0.1, -0.05) is 11.6 Å². The van der Waals surface area contributed by atoms with Crippen LogP contribution in [0, 0.1) is 0 Å². The van der Waals surface area contributed by atoms with Crippen molar-refractivity contribution in [1.82, 2.24) is 9.88 Å². The number of β-amino-alcohol motifs (C(OH)–C–C–N with tert-alkyl or cyclic N) is 1. The maximum absolute atomic E-state index is 12.6. The number of hydrogen-bond donors (Lipinski definition) is 1. The minimum Gasteiger partial charge on any atom is -0.379 e. The van der Waals surface area contributed by atoms with E-state index < -0.39 is 30.7 Å². The zero-order chi connectivity index (χ0) is 14.3. The fraction of sp³-hybridized carbons (Fsp3) is 0.455. The highest BCUT2D eigenvalue weighted by molar-refractivity contribution is 6.30. The third-order valence-corrected chi connectivity index (χ3v) is 3.24. The third kappa shape index (κ3) is 2.66. The summed E-state index contributed by atoms with van der Waals surface area (Å²) in [6.07, 6.45) is -4.01.